The molecule has 1 aliphatic heterocycles. The standard InChI is InChI=1S/C23H28N8O10S3.C2HF3O2/c1-23(2)17(19(33)31(23)41-44(36,37)38)29-18(32)16(14-10-43-21(25)26-14)30-40-15(20(34)35)9-39-11-4-5-12-13(8-11)28-22(27-12)42-7-3-6-24;3-2(4,5)1(6)7/h4-5,8,10,15,17H,3,6-7,9,24H2,1-2H3,(H2,25,26)(H,27,28)(H,29,32)(H,34,35)(H,36,37,38);(H,6,7)/b30-16-;/t15?,17-;/m1./s1. The highest BCUT2D eigenvalue weighted by Gasteiger charge is 2.58. The number of thiazole rings is 1. The summed E-state index contributed by atoms with van der Waals surface area (Å²) < 4.78 is 72.7. The third-order valence-electron chi connectivity index (χ3n) is 6.31. The minimum absolute atomic E-state index is 0.0570. The molecule has 1 saturated heterocycles. The lowest BCUT2D eigenvalue weighted by atomic mass is 9.84. The minimum Gasteiger partial charge on any atom is -0.489 e. The molecule has 1 aliphatic rings. The van der Waals surface area contributed by atoms with Crippen LogP contribution >= 0.6 is 23.1 Å². The molecule has 20 nitrogen and oxygen atoms in total. The number of rotatable bonds is 15. The fraction of sp³-hybridized carbons (Fsp3) is 0.400. The first-order chi connectivity index (χ1) is 23.6. The number of hydroxylamine groups is 2. The van der Waals surface area contributed by atoms with E-state index in [1.807, 2.05) is 0 Å². The number of aromatic nitrogens is 3. The van der Waals surface area contributed by atoms with Gasteiger partial charge < -0.3 is 41.6 Å². The summed E-state index contributed by atoms with van der Waals surface area (Å²) in [5.41, 5.74) is 10.5. The van der Waals surface area contributed by atoms with E-state index < -0.39 is 70.3 Å². The van der Waals surface area contributed by atoms with Gasteiger partial charge in [-0.25, -0.2) is 19.6 Å². The molecule has 9 N–H and O–H groups in total. The normalized spacial score (nSPS) is 16.5. The van der Waals surface area contributed by atoms with Crippen LogP contribution in [-0.4, -0.2) is 115 Å². The predicted molar refractivity (Wildman–Crippen MR) is 171 cm³/mol. The maximum absolute atomic E-state index is 13.2. The van der Waals surface area contributed by atoms with Crippen LogP contribution in [0.3, 0.4) is 0 Å². The maximum atomic E-state index is 13.2. The van der Waals surface area contributed by atoms with Crippen LogP contribution in [0.15, 0.2) is 33.9 Å². The number of H-pyrrole nitrogens is 1. The van der Waals surface area contributed by atoms with Crippen molar-refractivity contribution < 1.29 is 69.4 Å². The van der Waals surface area contributed by atoms with Crippen molar-refractivity contribution in [2.45, 2.75) is 49.3 Å². The molecule has 0 saturated carbocycles. The molecular weight excluding hydrogens is 758 g/mol. The van der Waals surface area contributed by atoms with Crippen LogP contribution < -0.4 is 21.5 Å². The number of halogens is 3. The molecule has 2 atom stereocenters. The van der Waals surface area contributed by atoms with Gasteiger partial charge in [0.25, 0.3) is 17.9 Å². The highest BCUT2D eigenvalue weighted by atomic mass is 32.3. The van der Waals surface area contributed by atoms with Crippen molar-refractivity contribution in [3.05, 3.63) is 29.3 Å². The van der Waals surface area contributed by atoms with E-state index in [2.05, 4.69) is 29.7 Å². The predicted octanol–water partition coefficient (Wildman–Crippen LogP) is 0.769. The number of β-lactam (4-membered cyclic amide) rings is 1. The van der Waals surface area contributed by atoms with Crippen molar-refractivity contribution in [3.63, 3.8) is 0 Å². The third kappa shape index (κ3) is 11.1. The smallest absolute Gasteiger partial charge is 0.489 e. The Balaban J connectivity index is 0.000000908. The largest absolute Gasteiger partial charge is 0.490 e. The number of oxime groups is 1. The summed E-state index contributed by atoms with van der Waals surface area (Å²) >= 11 is 2.47. The van der Waals surface area contributed by atoms with E-state index >= 15 is 0 Å². The maximum Gasteiger partial charge on any atom is 0.490 e. The number of alkyl halides is 3. The lowest BCUT2D eigenvalue weighted by molar-refractivity contribution is -0.218. The highest BCUT2D eigenvalue weighted by Crippen LogP contribution is 2.33. The van der Waals surface area contributed by atoms with Crippen LogP contribution in [0.25, 0.3) is 11.0 Å². The Hall–Kier alpha value is -4.76. The van der Waals surface area contributed by atoms with Crippen molar-refractivity contribution in [1.29, 1.82) is 0 Å². The number of thioether (sulfide) groups is 1. The third-order valence-corrected chi connectivity index (χ3v) is 8.28. The van der Waals surface area contributed by atoms with E-state index in [4.69, 9.17) is 35.5 Å². The molecule has 4 rings (SSSR count). The number of anilines is 1. The van der Waals surface area contributed by atoms with E-state index in [1.165, 1.54) is 31.0 Å². The molecule has 280 valence electrons. The van der Waals surface area contributed by atoms with E-state index in [-0.39, 0.29) is 10.8 Å². The molecule has 2 amide bonds. The summed E-state index contributed by atoms with van der Waals surface area (Å²) in [5.74, 6) is -5.13. The molecule has 0 spiro atoms. The molecule has 2 aromatic heterocycles. The number of hydrogen-bond donors (Lipinski definition) is 7. The Morgan fingerprint density at radius 3 is 2.45 bits per heavy atom. The molecular formula is C25H29F3N8O12S3. The molecule has 51 heavy (non-hydrogen) atoms. The number of carbonyl (C=O) groups is 4. The second-order valence-electron chi connectivity index (χ2n) is 10.5. The van der Waals surface area contributed by atoms with Crippen LogP contribution in [0.2, 0.25) is 0 Å². The van der Waals surface area contributed by atoms with Crippen molar-refractivity contribution in [1.82, 2.24) is 25.3 Å². The number of benzene rings is 1. The number of nitrogens with one attached hydrogen (secondary N) is 2. The average molecular weight is 787 g/mol. The molecule has 0 bridgehead atoms. The lowest BCUT2D eigenvalue weighted by Crippen LogP contribution is -2.76. The number of carboxylic acids is 2. The average Bonchev–Trinajstić information content (AvgIpc) is 3.64. The number of ether oxygens (including phenoxy) is 1. The van der Waals surface area contributed by atoms with Gasteiger partial charge in [-0.2, -0.15) is 26.7 Å². The fourth-order valence-corrected chi connectivity index (χ4v) is 5.68. The number of aliphatic carboxylic acids is 2. The Kier molecular flexibility index (Phi) is 13.2. The van der Waals surface area contributed by atoms with Gasteiger partial charge in [-0.05, 0) is 38.9 Å². The lowest BCUT2D eigenvalue weighted by Gasteiger charge is -2.50. The second kappa shape index (κ2) is 16.5. The number of nitrogens with zero attached hydrogens (tertiary/aromatic N) is 4. The number of fused-ring (bicyclic) bond motifs is 1. The van der Waals surface area contributed by atoms with Gasteiger partial charge in [0, 0.05) is 17.2 Å². The van der Waals surface area contributed by atoms with Gasteiger partial charge in [-0.15, -0.1) is 15.6 Å². The molecule has 0 aliphatic carbocycles. The van der Waals surface area contributed by atoms with Gasteiger partial charge in [0.15, 0.2) is 16.0 Å². The van der Waals surface area contributed by atoms with Crippen LogP contribution in [-0.2, 0) is 38.7 Å². The van der Waals surface area contributed by atoms with Gasteiger partial charge in [0.1, 0.15) is 24.1 Å². The number of hydrogen-bond acceptors (Lipinski definition) is 16. The topological polar surface area (TPSA) is 312 Å². The van der Waals surface area contributed by atoms with Crippen LogP contribution in [0.4, 0.5) is 18.3 Å². The molecule has 3 heterocycles. The molecule has 1 unspecified atom stereocenters. The van der Waals surface area contributed by atoms with Gasteiger partial charge >= 0.3 is 28.5 Å². The first-order valence-electron chi connectivity index (χ1n) is 13.9. The fourth-order valence-electron chi connectivity index (χ4n) is 3.83. The monoisotopic (exact) mass is 786 g/mol. The van der Waals surface area contributed by atoms with Gasteiger partial charge in [0.2, 0.25) is 0 Å². The first-order valence-corrected chi connectivity index (χ1v) is 17.1. The first kappa shape index (κ1) is 40.7. The van der Waals surface area contributed by atoms with Crippen molar-refractivity contribution in [2.75, 3.05) is 24.6 Å². The highest BCUT2D eigenvalue weighted by molar-refractivity contribution is 7.99. The Morgan fingerprint density at radius 2 is 1.92 bits per heavy atom. The quantitative estimate of drug-likeness (QED) is 0.0279. The van der Waals surface area contributed by atoms with Crippen molar-refractivity contribution in [2.24, 2.45) is 10.9 Å². The van der Waals surface area contributed by atoms with E-state index in [1.54, 1.807) is 18.2 Å². The Morgan fingerprint density at radius 1 is 1.25 bits per heavy atom. The molecule has 1 fully saturated rings. The Bertz CT molecular complexity index is 1900. The summed E-state index contributed by atoms with van der Waals surface area (Å²) in [6.45, 7) is 2.77. The molecule has 3 aromatic rings. The van der Waals surface area contributed by atoms with Crippen LogP contribution in [0, 0.1) is 0 Å². The summed E-state index contributed by atoms with van der Waals surface area (Å²) in [5, 5.41) is 25.4. The number of nitrogen functional groups attached to an aromatic ring is 1. The van der Waals surface area contributed by atoms with Crippen molar-refractivity contribution in [3.8, 4) is 5.75 Å². The van der Waals surface area contributed by atoms with Gasteiger partial charge in [0.05, 0.1) is 16.6 Å². The summed E-state index contributed by atoms with van der Waals surface area (Å²) in [6.07, 6.45) is -5.94. The minimum atomic E-state index is -5.08. The summed E-state index contributed by atoms with van der Waals surface area (Å²) in [4.78, 5) is 63.2. The van der Waals surface area contributed by atoms with Crippen LogP contribution in [0.5, 0.6) is 5.75 Å². The zero-order chi connectivity index (χ0) is 38.3. The van der Waals surface area contributed by atoms with Crippen molar-refractivity contribution >= 4 is 79.1 Å². The summed E-state index contributed by atoms with van der Waals surface area (Å²) in [7, 11) is -5.01. The zero-order valence-corrected chi connectivity index (χ0v) is 28.6. The van der Waals surface area contributed by atoms with Crippen LogP contribution in [0.1, 0.15) is 26.0 Å². The number of amides is 2. The molecule has 0 radical (unpaired) electrons. The number of imidazole rings is 1. The van der Waals surface area contributed by atoms with Gasteiger partial charge in [-0.1, -0.05) is 16.9 Å². The van der Waals surface area contributed by atoms with E-state index in [0.29, 0.717) is 33.5 Å². The Labute approximate surface area is 293 Å². The number of carbonyl (C=O) groups excluding carboxylic acids is 2. The van der Waals surface area contributed by atoms with Gasteiger partial charge in [-0.3, -0.25) is 14.1 Å². The number of nitrogens with two attached hydrogens (primary N) is 2. The van der Waals surface area contributed by atoms with E-state index in [0.717, 1.165) is 23.5 Å². The van der Waals surface area contributed by atoms with E-state index in [9.17, 15) is 41.1 Å². The zero-order valence-electron chi connectivity index (χ0n) is 26.1. The number of aromatic amines is 1. The molecule has 26 heteroatoms. The SMILES string of the molecule is CC1(C)[C@H](NC(=O)/C(=N\OC(COc2ccc3nc(SCCCN)[nH]c3c2)C(=O)O)c2csc(N)n2)C(=O)N1OS(=O)(=O)O.O=C(O)C(F)(F)F. The second-order valence-corrected chi connectivity index (χ2v) is 13.4. The molecule has 1 aromatic carbocycles. The number of carboxylic acid groups (broad SMARTS) is 2. The summed E-state index contributed by atoms with van der Waals surface area (Å²) in [6, 6.07) is 3.61.